The van der Waals surface area contributed by atoms with Crippen molar-refractivity contribution in [3.05, 3.63) is 0 Å². The number of nitrogens with one attached hydrogen (secondary N) is 1. The fourth-order valence-electron chi connectivity index (χ4n) is 1.38. The highest BCUT2D eigenvalue weighted by Gasteiger charge is 2.33. The smallest absolute Gasteiger partial charge is 0.217 e. The minimum Gasteiger partial charge on any atom is -0.390 e. The van der Waals surface area contributed by atoms with Crippen LogP contribution in [0.1, 0.15) is 19.8 Å². The van der Waals surface area contributed by atoms with Gasteiger partial charge in [-0.25, -0.2) is 0 Å². The molecular formula is C7H13NO3. The molecule has 3 N–H and O–H groups in total. The number of carbonyl (C=O) groups is 1. The Balaban J connectivity index is 2.42. The first-order valence-electron chi connectivity index (χ1n) is 3.74. The van der Waals surface area contributed by atoms with E-state index in [1.807, 2.05) is 0 Å². The van der Waals surface area contributed by atoms with E-state index < -0.39 is 12.2 Å². The molecule has 3 atom stereocenters. The molecule has 1 aliphatic carbocycles. The molecule has 4 nitrogen and oxygen atoms in total. The maximum absolute atomic E-state index is 10.5. The number of carbonyl (C=O) groups excluding carboxylic acids is 1. The summed E-state index contributed by atoms with van der Waals surface area (Å²) in [6.07, 6.45) is -0.251. The van der Waals surface area contributed by atoms with Crippen molar-refractivity contribution in [3.63, 3.8) is 0 Å². The summed E-state index contributed by atoms with van der Waals surface area (Å²) in [4.78, 5) is 10.5. The van der Waals surface area contributed by atoms with Gasteiger partial charge in [0.05, 0.1) is 18.2 Å². The first kappa shape index (κ1) is 8.49. The van der Waals surface area contributed by atoms with Crippen molar-refractivity contribution in [3.8, 4) is 0 Å². The Bertz CT molecular complexity index is 160. The Morgan fingerprint density at radius 3 is 2.45 bits per heavy atom. The van der Waals surface area contributed by atoms with Crippen molar-refractivity contribution in [1.82, 2.24) is 5.32 Å². The van der Waals surface area contributed by atoms with Crippen molar-refractivity contribution in [2.75, 3.05) is 0 Å². The zero-order valence-corrected chi connectivity index (χ0v) is 6.45. The van der Waals surface area contributed by atoms with Gasteiger partial charge in [0.15, 0.2) is 0 Å². The number of amides is 1. The van der Waals surface area contributed by atoms with E-state index in [0.717, 1.165) is 0 Å². The number of aliphatic hydroxyl groups excluding tert-OH is 2. The molecule has 1 fully saturated rings. The molecule has 0 saturated heterocycles. The predicted octanol–water partition coefficient (Wildman–Crippen LogP) is -0.993. The molecule has 0 aromatic rings. The SMILES string of the molecule is CC(=O)NC1CCC(O)C1O. The van der Waals surface area contributed by atoms with Gasteiger partial charge in [-0.15, -0.1) is 0 Å². The van der Waals surface area contributed by atoms with Gasteiger partial charge < -0.3 is 15.5 Å². The number of rotatable bonds is 1. The van der Waals surface area contributed by atoms with Gasteiger partial charge >= 0.3 is 0 Å². The Labute approximate surface area is 65.2 Å². The lowest BCUT2D eigenvalue weighted by molar-refractivity contribution is -0.120. The average Bonchev–Trinajstić information content (AvgIpc) is 2.18. The van der Waals surface area contributed by atoms with Crippen LogP contribution in [0.2, 0.25) is 0 Å². The second-order valence-electron chi connectivity index (χ2n) is 2.94. The minimum atomic E-state index is -0.793. The van der Waals surface area contributed by atoms with E-state index in [4.69, 9.17) is 5.11 Å². The maximum atomic E-state index is 10.5. The van der Waals surface area contributed by atoms with Gasteiger partial charge in [0, 0.05) is 6.92 Å². The quantitative estimate of drug-likeness (QED) is 0.460. The average molecular weight is 159 g/mol. The molecule has 0 aromatic carbocycles. The summed E-state index contributed by atoms with van der Waals surface area (Å²) in [6.45, 7) is 1.40. The van der Waals surface area contributed by atoms with Gasteiger partial charge in [0.1, 0.15) is 0 Å². The molecule has 0 heterocycles. The maximum Gasteiger partial charge on any atom is 0.217 e. The predicted molar refractivity (Wildman–Crippen MR) is 38.9 cm³/mol. The van der Waals surface area contributed by atoms with Crippen LogP contribution in [0.4, 0.5) is 0 Å². The highest BCUT2D eigenvalue weighted by Crippen LogP contribution is 2.19. The first-order valence-corrected chi connectivity index (χ1v) is 3.74. The molecule has 3 unspecified atom stereocenters. The molecule has 4 heteroatoms. The van der Waals surface area contributed by atoms with Crippen LogP contribution in [0.25, 0.3) is 0 Å². The molecule has 0 aliphatic heterocycles. The van der Waals surface area contributed by atoms with Crippen LogP contribution in [0.3, 0.4) is 0 Å². The van der Waals surface area contributed by atoms with Crippen molar-refractivity contribution in [2.45, 2.75) is 38.0 Å². The normalized spacial score (nSPS) is 37.2. The van der Waals surface area contributed by atoms with Crippen LogP contribution in [0.15, 0.2) is 0 Å². The molecule has 0 spiro atoms. The van der Waals surface area contributed by atoms with E-state index in [2.05, 4.69) is 5.32 Å². The summed E-state index contributed by atoms with van der Waals surface area (Å²) in [7, 11) is 0. The first-order chi connectivity index (χ1) is 5.11. The van der Waals surface area contributed by atoms with Crippen LogP contribution in [0.5, 0.6) is 0 Å². The molecular weight excluding hydrogens is 146 g/mol. The summed E-state index contributed by atoms with van der Waals surface area (Å²) >= 11 is 0. The van der Waals surface area contributed by atoms with Gasteiger partial charge in [-0.2, -0.15) is 0 Å². The molecule has 0 radical (unpaired) electrons. The van der Waals surface area contributed by atoms with Gasteiger partial charge in [0.25, 0.3) is 0 Å². The lowest BCUT2D eigenvalue weighted by Gasteiger charge is -2.16. The highest BCUT2D eigenvalue weighted by atomic mass is 16.3. The summed E-state index contributed by atoms with van der Waals surface area (Å²) in [6, 6.07) is -0.262. The fraction of sp³-hybridized carbons (Fsp3) is 0.857. The summed E-state index contributed by atoms with van der Waals surface area (Å²) in [5.41, 5.74) is 0. The lowest BCUT2D eigenvalue weighted by atomic mass is 10.2. The van der Waals surface area contributed by atoms with E-state index in [1.165, 1.54) is 6.92 Å². The highest BCUT2D eigenvalue weighted by molar-refractivity contribution is 5.73. The van der Waals surface area contributed by atoms with Crippen LogP contribution < -0.4 is 5.32 Å². The third kappa shape index (κ3) is 1.91. The standard InChI is InChI=1S/C7H13NO3/c1-4(9)8-5-2-3-6(10)7(5)11/h5-7,10-11H,2-3H2,1H3,(H,8,9). The van der Waals surface area contributed by atoms with Gasteiger partial charge in [-0.3, -0.25) is 4.79 Å². The topological polar surface area (TPSA) is 69.6 Å². The number of hydrogen-bond donors (Lipinski definition) is 3. The van der Waals surface area contributed by atoms with E-state index >= 15 is 0 Å². The molecule has 1 amide bonds. The molecule has 1 rings (SSSR count). The largest absolute Gasteiger partial charge is 0.390 e. The van der Waals surface area contributed by atoms with E-state index in [1.54, 1.807) is 0 Å². The molecule has 0 aromatic heterocycles. The lowest BCUT2D eigenvalue weighted by Crippen LogP contribution is -2.41. The van der Waals surface area contributed by atoms with Gasteiger partial charge in [-0.05, 0) is 12.8 Å². The summed E-state index contributed by atoms with van der Waals surface area (Å²) in [5.74, 6) is -0.164. The van der Waals surface area contributed by atoms with Crippen LogP contribution in [-0.2, 0) is 4.79 Å². The summed E-state index contributed by atoms with van der Waals surface area (Å²) < 4.78 is 0. The van der Waals surface area contributed by atoms with Crippen molar-refractivity contribution in [1.29, 1.82) is 0 Å². The summed E-state index contributed by atoms with van der Waals surface area (Å²) in [5, 5.41) is 20.9. The van der Waals surface area contributed by atoms with E-state index in [0.29, 0.717) is 12.8 Å². The second kappa shape index (κ2) is 3.19. The third-order valence-electron chi connectivity index (χ3n) is 1.97. The zero-order valence-electron chi connectivity index (χ0n) is 6.45. The third-order valence-corrected chi connectivity index (χ3v) is 1.97. The minimum absolute atomic E-state index is 0.164. The van der Waals surface area contributed by atoms with Gasteiger partial charge in [0.2, 0.25) is 5.91 Å². The zero-order chi connectivity index (χ0) is 8.43. The molecule has 11 heavy (non-hydrogen) atoms. The molecule has 1 saturated carbocycles. The Hall–Kier alpha value is -0.610. The fourth-order valence-corrected chi connectivity index (χ4v) is 1.38. The van der Waals surface area contributed by atoms with Crippen LogP contribution >= 0.6 is 0 Å². The van der Waals surface area contributed by atoms with Crippen LogP contribution in [0, 0.1) is 0 Å². The van der Waals surface area contributed by atoms with Crippen molar-refractivity contribution in [2.24, 2.45) is 0 Å². The van der Waals surface area contributed by atoms with E-state index in [9.17, 15) is 9.90 Å². The Kier molecular flexibility index (Phi) is 2.46. The Morgan fingerprint density at radius 1 is 1.45 bits per heavy atom. The second-order valence-corrected chi connectivity index (χ2v) is 2.94. The molecule has 1 aliphatic rings. The number of hydrogen-bond acceptors (Lipinski definition) is 3. The monoisotopic (exact) mass is 159 g/mol. The molecule has 64 valence electrons. The van der Waals surface area contributed by atoms with Crippen molar-refractivity contribution < 1.29 is 15.0 Å². The van der Waals surface area contributed by atoms with Crippen LogP contribution in [-0.4, -0.2) is 34.4 Å². The Morgan fingerprint density at radius 2 is 2.09 bits per heavy atom. The molecule has 0 bridgehead atoms. The van der Waals surface area contributed by atoms with E-state index in [-0.39, 0.29) is 11.9 Å². The number of aliphatic hydroxyl groups is 2. The van der Waals surface area contributed by atoms with Crippen molar-refractivity contribution >= 4 is 5.91 Å². The van der Waals surface area contributed by atoms with Gasteiger partial charge in [-0.1, -0.05) is 0 Å².